The molecule has 3 rings (SSSR count). The Morgan fingerprint density at radius 1 is 1.38 bits per heavy atom. The van der Waals surface area contributed by atoms with E-state index in [2.05, 4.69) is 29.1 Å². The highest BCUT2D eigenvalue weighted by molar-refractivity contribution is 5.50. The summed E-state index contributed by atoms with van der Waals surface area (Å²) in [5.41, 5.74) is -2.69. The van der Waals surface area contributed by atoms with E-state index < -0.39 is 18.3 Å². The average Bonchev–Trinajstić information content (AvgIpc) is 2.99. The molecule has 1 aromatic rings. The zero-order valence-electron chi connectivity index (χ0n) is 15.0. The highest BCUT2D eigenvalue weighted by atomic mass is 19.4. The molecule has 9 heteroatoms. The summed E-state index contributed by atoms with van der Waals surface area (Å²) < 4.78 is 44.9. The lowest BCUT2D eigenvalue weighted by Crippen LogP contribution is -2.47. The second kappa shape index (κ2) is 7.19. The number of halogens is 3. The topological polar surface area (TPSA) is 70.5 Å². The fourth-order valence-electron chi connectivity index (χ4n) is 3.62. The summed E-state index contributed by atoms with van der Waals surface area (Å²) in [6.07, 6.45) is -1.74. The Balaban J connectivity index is 1.71. The second-order valence-electron chi connectivity index (χ2n) is 7.43. The van der Waals surface area contributed by atoms with Crippen LogP contribution in [0.3, 0.4) is 0 Å². The molecular weight excluding hydrogens is 349 g/mol. The Morgan fingerprint density at radius 2 is 2.15 bits per heavy atom. The summed E-state index contributed by atoms with van der Waals surface area (Å²) >= 11 is 0. The number of β-amino-alcohol motifs (C(OH)–C–C–N with tert-alkyl or cyclic N) is 1. The van der Waals surface area contributed by atoms with Gasteiger partial charge in [-0.25, -0.2) is 9.97 Å². The van der Waals surface area contributed by atoms with Gasteiger partial charge in [-0.15, -0.1) is 0 Å². The van der Waals surface area contributed by atoms with Gasteiger partial charge in [-0.1, -0.05) is 13.8 Å². The van der Waals surface area contributed by atoms with Crippen LogP contribution in [0.25, 0.3) is 0 Å². The molecular formula is C17H25F3N4O2. The van der Waals surface area contributed by atoms with E-state index in [4.69, 9.17) is 4.74 Å². The van der Waals surface area contributed by atoms with Crippen molar-refractivity contribution in [1.29, 1.82) is 0 Å². The van der Waals surface area contributed by atoms with Crippen molar-refractivity contribution < 1.29 is 23.0 Å². The SMILES string of the molecule is CC(C)[C@@H]1OCCC[C@H]1Nc1cc(N2CC[C@@](O)(C(F)(F)F)C2)ncn1. The third-order valence-corrected chi connectivity index (χ3v) is 5.11. The Kier molecular flexibility index (Phi) is 5.30. The largest absolute Gasteiger partial charge is 0.418 e. The van der Waals surface area contributed by atoms with Gasteiger partial charge in [0.05, 0.1) is 18.7 Å². The summed E-state index contributed by atoms with van der Waals surface area (Å²) in [5, 5.41) is 13.2. The quantitative estimate of drug-likeness (QED) is 0.844. The molecule has 0 aliphatic carbocycles. The van der Waals surface area contributed by atoms with Crippen molar-refractivity contribution in [1.82, 2.24) is 9.97 Å². The van der Waals surface area contributed by atoms with Gasteiger partial charge in [0.1, 0.15) is 18.0 Å². The predicted molar refractivity (Wildman–Crippen MR) is 91.1 cm³/mol. The van der Waals surface area contributed by atoms with Crippen molar-refractivity contribution >= 4 is 11.6 Å². The molecule has 3 atom stereocenters. The highest BCUT2D eigenvalue weighted by Gasteiger charge is 2.57. The fourth-order valence-corrected chi connectivity index (χ4v) is 3.62. The molecule has 6 nitrogen and oxygen atoms in total. The lowest BCUT2D eigenvalue weighted by molar-refractivity contribution is -0.250. The molecule has 2 aliphatic rings. The molecule has 146 valence electrons. The molecule has 0 saturated carbocycles. The van der Waals surface area contributed by atoms with Crippen molar-refractivity contribution in [2.75, 3.05) is 29.9 Å². The maximum atomic E-state index is 13.0. The van der Waals surface area contributed by atoms with Crippen molar-refractivity contribution in [2.45, 2.75) is 57.0 Å². The summed E-state index contributed by atoms with van der Waals surface area (Å²) in [5.74, 6) is 1.27. The molecule has 3 heterocycles. The summed E-state index contributed by atoms with van der Waals surface area (Å²) in [7, 11) is 0. The van der Waals surface area contributed by atoms with Gasteiger partial charge in [0.25, 0.3) is 0 Å². The van der Waals surface area contributed by atoms with E-state index in [1.165, 1.54) is 11.2 Å². The number of hydrogen-bond acceptors (Lipinski definition) is 6. The van der Waals surface area contributed by atoms with Crippen molar-refractivity contribution in [2.24, 2.45) is 5.92 Å². The van der Waals surface area contributed by atoms with Crippen LogP contribution in [0.15, 0.2) is 12.4 Å². The monoisotopic (exact) mass is 374 g/mol. The van der Waals surface area contributed by atoms with Crippen molar-refractivity contribution in [3.8, 4) is 0 Å². The van der Waals surface area contributed by atoms with Gasteiger partial charge in [-0.2, -0.15) is 13.2 Å². The molecule has 0 bridgehead atoms. The van der Waals surface area contributed by atoms with Crippen LogP contribution in [0.5, 0.6) is 0 Å². The van der Waals surface area contributed by atoms with E-state index in [-0.39, 0.29) is 25.1 Å². The summed E-state index contributed by atoms with van der Waals surface area (Å²) in [6.45, 7) is 4.50. The van der Waals surface area contributed by atoms with Crippen LogP contribution in [0, 0.1) is 5.92 Å². The van der Waals surface area contributed by atoms with Crippen LogP contribution < -0.4 is 10.2 Å². The molecule has 0 radical (unpaired) electrons. The molecule has 0 unspecified atom stereocenters. The molecule has 0 aromatic carbocycles. The van der Waals surface area contributed by atoms with Crippen LogP contribution in [-0.2, 0) is 4.74 Å². The molecule has 2 fully saturated rings. The maximum Gasteiger partial charge on any atom is 0.418 e. The predicted octanol–water partition coefficient (Wildman–Crippen LogP) is 2.60. The number of aromatic nitrogens is 2. The van der Waals surface area contributed by atoms with Gasteiger partial charge in [0, 0.05) is 25.6 Å². The minimum atomic E-state index is -4.65. The van der Waals surface area contributed by atoms with Crippen LogP contribution in [0.1, 0.15) is 33.1 Å². The number of alkyl halides is 3. The lowest BCUT2D eigenvalue weighted by atomic mass is 9.94. The molecule has 2 aliphatic heterocycles. The van der Waals surface area contributed by atoms with E-state index in [1.54, 1.807) is 6.07 Å². The third kappa shape index (κ3) is 3.88. The molecule has 2 N–H and O–H groups in total. The number of hydrogen-bond donors (Lipinski definition) is 2. The molecule has 0 spiro atoms. The minimum Gasteiger partial charge on any atom is -0.379 e. The van der Waals surface area contributed by atoms with Crippen LogP contribution >= 0.6 is 0 Å². The number of nitrogens with zero attached hydrogens (tertiary/aromatic N) is 3. The molecule has 26 heavy (non-hydrogen) atoms. The number of ether oxygens (including phenoxy) is 1. The summed E-state index contributed by atoms with van der Waals surface area (Å²) in [4.78, 5) is 9.72. The van der Waals surface area contributed by atoms with Gasteiger partial charge in [-0.05, 0) is 18.8 Å². The Labute approximate surface area is 150 Å². The first-order chi connectivity index (χ1) is 12.2. The Hall–Kier alpha value is -1.61. The van der Waals surface area contributed by atoms with Crippen molar-refractivity contribution in [3.05, 3.63) is 12.4 Å². The van der Waals surface area contributed by atoms with E-state index >= 15 is 0 Å². The smallest absolute Gasteiger partial charge is 0.379 e. The van der Waals surface area contributed by atoms with E-state index in [0.717, 1.165) is 19.4 Å². The van der Waals surface area contributed by atoms with Gasteiger partial charge in [-0.3, -0.25) is 0 Å². The Morgan fingerprint density at radius 3 is 2.81 bits per heavy atom. The standard InChI is InChI=1S/C17H25F3N4O2/c1-11(2)15-12(4-3-7-26-15)23-13-8-14(22-10-21-13)24-6-5-16(25,9-24)17(18,19)20/h8,10-12,15,25H,3-7,9H2,1-2H3,(H,21,22,23)/t12-,15+,16+/m1/s1. The zero-order chi connectivity index (χ0) is 18.9. The van der Waals surface area contributed by atoms with Crippen LogP contribution in [-0.4, -0.2) is 58.7 Å². The van der Waals surface area contributed by atoms with Crippen LogP contribution in [0.2, 0.25) is 0 Å². The first-order valence-electron chi connectivity index (χ1n) is 8.94. The van der Waals surface area contributed by atoms with Gasteiger partial charge in [0.15, 0.2) is 5.60 Å². The number of aliphatic hydroxyl groups is 1. The maximum absolute atomic E-state index is 13.0. The van der Waals surface area contributed by atoms with Gasteiger partial charge in [0.2, 0.25) is 0 Å². The lowest BCUT2D eigenvalue weighted by Gasteiger charge is -2.35. The average molecular weight is 374 g/mol. The molecule has 1 aromatic heterocycles. The fraction of sp³-hybridized carbons (Fsp3) is 0.765. The third-order valence-electron chi connectivity index (χ3n) is 5.11. The minimum absolute atomic E-state index is 0.0595. The van der Waals surface area contributed by atoms with E-state index in [9.17, 15) is 18.3 Å². The highest BCUT2D eigenvalue weighted by Crippen LogP contribution is 2.39. The normalized spacial score (nSPS) is 30.0. The second-order valence-corrected chi connectivity index (χ2v) is 7.43. The first-order valence-corrected chi connectivity index (χ1v) is 8.94. The van der Waals surface area contributed by atoms with Crippen LogP contribution in [0.4, 0.5) is 24.8 Å². The summed E-state index contributed by atoms with van der Waals surface area (Å²) in [6, 6.07) is 1.73. The number of anilines is 2. The van der Waals surface area contributed by atoms with E-state index in [1.807, 2.05) is 0 Å². The van der Waals surface area contributed by atoms with E-state index in [0.29, 0.717) is 17.6 Å². The zero-order valence-corrected chi connectivity index (χ0v) is 15.0. The first kappa shape index (κ1) is 19.2. The van der Waals surface area contributed by atoms with Gasteiger partial charge < -0.3 is 20.1 Å². The van der Waals surface area contributed by atoms with Gasteiger partial charge >= 0.3 is 6.18 Å². The Bertz CT molecular complexity index is 628. The van der Waals surface area contributed by atoms with Crippen molar-refractivity contribution in [3.63, 3.8) is 0 Å². The molecule has 2 saturated heterocycles. The number of nitrogens with one attached hydrogen (secondary N) is 1. The number of rotatable bonds is 4. The molecule has 0 amide bonds.